The van der Waals surface area contributed by atoms with Gasteiger partial charge in [0.25, 0.3) is 11.8 Å². The van der Waals surface area contributed by atoms with Crippen LogP contribution >= 0.6 is 0 Å². The van der Waals surface area contributed by atoms with Crippen LogP contribution < -0.4 is 5.32 Å². The van der Waals surface area contributed by atoms with E-state index in [0.717, 1.165) is 6.07 Å². The molecule has 2 aromatic heterocycles. The van der Waals surface area contributed by atoms with Gasteiger partial charge in [0, 0.05) is 55.4 Å². The van der Waals surface area contributed by atoms with Crippen molar-refractivity contribution < 1.29 is 36.0 Å². The van der Waals surface area contributed by atoms with E-state index in [4.69, 9.17) is 4.42 Å². The van der Waals surface area contributed by atoms with Crippen molar-refractivity contribution in [2.24, 2.45) is 0 Å². The summed E-state index contributed by atoms with van der Waals surface area (Å²) in [6, 6.07) is 12.2. The molecule has 0 bridgehead atoms. The summed E-state index contributed by atoms with van der Waals surface area (Å²) in [7, 11) is 0. The van der Waals surface area contributed by atoms with E-state index in [0.29, 0.717) is 28.7 Å². The predicted octanol–water partition coefficient (Wildman–Crippen LogP) is 7.28. The SMILES string of the molecule is CCc1cc(C(=O)N2CCC(F)(F)CC2)ccc1-c1cc(C(F)(F)F)c2oc(CNC(=O)C=Cc3cccnc3)cc2c1. The summed E-state index contributed by atoms with van der Waals surface area (Å²) in [6.45, 7) is 1.56. The Labute approximate surface area is 244 Å². The second kappa shape index (κ2) is 12.0. The molecule has 43 heavy (non-hydrogen) atoms. The second-order valence-electron chi connectivity index (χ2n) is 10.4. The maximum atomic E-state index is 14.2. The molecule has 2 aromatic carbocycles. The number of fused-ring (bicyclic) bond motifs is 1. The number of nitrogens with zero attached hydrogens (tertiary/aromatic N) is 2. The molecule has 0 saturated carbocycles. The Morgan fingerprint density at radius 3 is 2.53 bits per heavy atom. The molecule has 1 aliphatic heterocycles. The number of furan rings is 1. The standard InChI is InChI=1S/C32H28F5N3O3/c1-2-21-14-22(30(42)40-12-9-31(33,34)10-13-40)6-7-26(21)23-15-24-16-25(43-29(24)27(17-23)32(35,36)37)19-39-28(41)8-5-20-4-3-11-38-18-20/h3-8,11,14-18H,2,9-10,12-13,19H2,1H3,(H,39,41). The molecule has 11 heteroatoms. The van der Waals surface area contributed by atoms with Gasteiger partial charge in [-0.05, 0) is 71.1 Å². The smallest absolute Gasteiger partial charge is 0.420 e. The van der Waals surface area contributed by atoms with Gasteiger partial charge in [0.15, 0.2) is 0 Å². The molecule has 4 aromatic rings. The number of likely N-dealkylation sites (tertiary alicyclic amines) is 1. The zero-order valence-electron chi connectivity index (χ0n) is 23.2. The van der Waals surface area contributed by atoms with E-state index in [1.54, 1.807) is 48.8 Å². The maximum absolute atomic E-state index is 14.2. The Hall–Kier alpha value is -4.54. The lowest BCUT2D eigenvalue weighted by Gasteiger charge is -2.32. The number of aromatic nitrogens is 1. The number of hydrogen-bond donors (Lipinski definition) is 1. The summed E-state index contributed by atoms with van der Waals surface area (Å²) < 4.78 is 75.1. The molecule has 1 N–H and O–H groups in total. The van der Waals surface area contributed by atoms with Crippen LogP contribution in [-0.2, 0) is 23.9 Å². The van der Waals surface area contributed by atoms with Crippen molar-refractivity contribution in [3.8, 4) is 11.1 Å². The maximum Gasteiger partial charge on any atom is 0.420 e. The molecule has 0 aliphatic carbocycles. The summed E-state index contributed by atoms with van der Waals surface area (Å²) in [6.07, 6.45) is 0.910. The number of carbonyl (C=O) groups excluding carboxylic acids is 2. The van der Waals surface area contributed by atoms with Gasteiger partial charge in [-0.3, -0.25) is 14.6 Å². The first-order valence-corrected chi connectivity index (χ1v) is 13.7. The highest BCUT2D eigenvalue weighted by Crippen LogP contribution is 2.40. The molecule has 1 fully saturated rings. The van der Waals surface area contributed by atoms with Crippen molar-refractivity contribution in [1.29, 1.82) is 0 Å². The van der Waals surface area contributed by atoms with Crippen LogP contribution in [0.25, 0.3) is 28.2 Å². The van der Waals surface area contributed by atoms with E-state index in [9.17, 15) is 31.5 Å². The molecule has 3 heterocycles. The lowest BCUT2D eigenvalue weighted by Crippen LogP contribution is -2.42. The van der Waals surface area contributed by atoms with Crippen molar-refractivity contribution in [2.75, 3.05) is 13.1 Å². The van der Waals surface area contributed by atoms with Gasteiger partial charge < -0.3 is 14.6 Å². The average molecular weight is 598 g/mol. The number of benzene rings is 2. The average Bonchev–Trinajstić information content (AvgIpc) is 3.40. The fraction of sp³-hybridized carbons (Fsp3) is 0.281. The van der Waals surface area contributed by atoms with Gasteiger partial charge in [-0.15, -0.1) is 0 Å². The van der Waals surface area contributed by atoms with Crippen molar-refractivity contribution in [2.45, 2.75) is 44.8 Å². The molecular formula is C32H28F5N3O3. The fourth-order valence-corrected chi connectivity index (χ4v) is 5.06. The normalized spacial score (nSPS) is 15.3. The Morgan fingerprint density at radius 1 is 1.09 bits per heavy atom. The molecule has 1 saturated heterocycles. The lowest BCUT2D eigenvalue weighted by atomic mass is 9.93. The Morgan fingerprint density at radius 2 is 1.86 bits per heavy atom. The Balaban J connectivity index is 1.40. The fourth-order valence-electron chi connectivity index (χ4n) is 5.06. The van der Waals surface area contributed by atoms with Gasteiger partial charge in [0.1, 0.15) is 11.3 Å². The van der Waals surface area contributed by atoms with Crippen molar-refractivity contribution in [3.05, 3.63) is 95.0 Å². The van der Waals surface area contributed by atoms with Gasteiger partial charge in [0.2, 0.25) is 5.91 Å². The van der Waals surface area contributed by atoms with Crippen LogP contribution in [0.2, 0.25) is 0 Å². The third-order valence-corrected chi connectivity index (χ3v) is 7.35. The monoisotopic (exact) mass is 597 g/mol. The number of halogens is 5. The highest BCUT2D eigenvalue weighted by atomic mass is 19.4. The molecule has 5 rings (SSSR count). The number of amides is 2. The number of pyridine rings is 1. The van der Waals surface area contributed by atoms with Crippen LogP contribution in [0.3, 0.4) is 0 Å². The van der Waals surface area contributed by atoms with Crippen LogP contribution in [0.1, 0.15) is 52.6 Å². The molecule has 2 amide bonds. The third kappa shape index (κ3) is 6.93. The van der Waals surface area contributed by atoms with Gasteiger partial charge in [-0.25, -0.2) is 8.78 Å². The summed E-state index contributed by atoms with van der Waals surface area (Å²) in [5.74, 6) is -3.49. The van der Waals surface area contributed by atoms with Crippen molar-refractivity contribution >= 4 is 28.9 Å². The van der Waals surface area contributed by atoms with E-state index in [1.807, 2.05) is 6.92 Å². The van der Waals surface area contributed by atoms with Crippen LogP contribution in [0.5, 0.6) is 0 Å². The molecule has 224 valence electrons. The predicted molar refractivity (Wildman–Crippen MR) is 151 cm³/mol. The topological polar surface area (TPSA) is 75.4 Å². The van der Waals surface area contributed by atoms with Gasteiger partial charge in [-0.1, -0.05) is 19.1 Å². The third-order valence-electron chi connectivity index (χ3n) is 7.35. The second-order valence-corrected chi connectivity index (χ2v) is 10.4. The molecule has 0 atom stereocenters. The molecule has 1 aliphatic rings. The molecule has 6 nitrogen and oxygen atoms in total. The zero-order valence-corrected chi connectivity index (χ0v) is 23.2. The lowest BCUT2D eigenvalue weighted by molar-refractivity contribution is -0.136. The number of rotatable bonds is 7. The zero-order chi connectivity index (χ0) is 30.8. The first kappa shape index (κ1) is 29.9. The first-order valence-electron chi connectivity index (χ1n) is 13.7. The van der Waals surface area contributed by atoms with E-state index in [-0.39, 0.29) is 47.8 Å². The minimum absolute atomic E-state index is 0.0648. The first-order chi connectivity index (χ1) is 20.4. The van der Waals surface area contributed by atoms with E-state index in [1.165, 1.54) is 23.1 Å². The highest BCUT2D eigenvalue weighted by Gasteiger charge is 2.37. The van der Waals surface area contributed by atoms with Crippen LogP contribution in [0.15, 0.2) is 71.4 Å². The summed E-state index contributed by atoms with van der Waals surface area (Å²) >= 11 is 0. The minimum Gasteiger partial charge on any atom is -0.459 e. The number of piperidine rings is 1. The van der Waals surface area contributed by atoms with Gasteiger partial charge in [0.05, 0.1) is 12.1 Å². The summed E-state index contributed by atoms with van der Waals surface area (Å²) in [4.78, 5) is 30.6. The number of aryl methyl sites for hydroxylation is 1. The van der Waals surface area contributed by atoms with E-state index in [2.05, 4.69) is 10.3 Å². The van der Waals surface area contributed by atoms with Gasteiger partial charge in [-0.2, -0.15) is 13.2 Å². The van der Waals surface area contributed by atoms with Crippen LogP contribution in [0, 0.1) is 0 Å². The molecular weight excluding hydrogens is 569 g/mol. The highest BCUT2D eigenvalue weighted by molar-refractivity contribution is 5.96. The molecule has 0 spiro atoms. The summed E-state index contributed by atoms with van der Waals surface area (Å²) in [5, 5.41) is 2.81. The Kier molecular flexibility index (Phi) is 8.34. The minimum atomic E-state index is -4.72. The largest absolute Gasteiger partial charge is 0.459 e. The number of alkyl halides is 5. The van der Waals surface area contributed by atoms with E-state index >= 15 is 0 Å². The van der Waals surface area contributed by atoms with Crippen molar-refractivity contribution in [3.63, 3.8) is 0 Å². The van der Waals surface area contributed by atoms with Crippen LogP contribution in [-0.4, -0.2) is 40.7 Å². The number of hydrogen-bond acceptors (Lipinski definition) is 4. The van der Waals surface area contributed by atoms with E-state index < -0.39 is 36.4 Å². The molecule has 0 unspecified atom stereocenters. The van der Waals surface area contributed by atoms with Crippen molar-refractivity contribution in [1.82, 2.24) is 15.2 Å². The van der Waals surface area contributed by atoms with Crippen LogP contribution in [0.4, 0.5) is 22.0 Å². The quantitative estimate of drug-likeness (QED) is 0.180. The number of nitrogens with one attached hydrogen (secondary N) is 1. The summed E-state index contributed by atoms with van der Waals surface area (Å²) in [5.41, 5.74) is 1.11. The van der Waals surface area contributed by atoms with Gasteiger partial charge >= 0.3 is 6.18 Å². The Bertz CT molecular complexity index is 1670. The molecule has 0 radical (unpaired) electrons. The number of carbonyl (C=O) groups is 2.